The lowest BCUT2D eigenvalue weighted by Gasteiger charge is -2.16. The number of aromatic nitrogens is 1. The van der Waals surface area contributed by atoms with Crippen molar-refractivity contribution >= 4 is 15.9 Å². The average molecular weight is 350 g/mol. The van der Waals surface area contributed by atoms with Gasteiger partial charge in [0.15, 0.2) is 0 Å². The Bertz CT molecular complexity index is 655. The van der Waals surface area contributed by atoms with Gasteiger partial charge in [-0.05, 0) is 38.0 Å². The van der Waals surface area contributed by atoms with Crippen molar-refractivity contribution in [3.63, 3.8) is 0 Å². The van der Waals surface area contributed by atoms with Gasteiger partial charge in [0.05, 0.1) is 13.2 Å². The van der Waals surface area contributed by atoms with Crippen LogP contribution in [0.1, 0.15) is 34.1 Å². The molecule has 1 aromatic heterocycles. The van der Waals surface area contributed by atoms with Crippen LogP contribution in [0.4, 0.5) is 0 Å². The average Bonchev–Trinajstić information content (AvgIpc) is 2.45. The molecule has 0 amide bonds. The molecule has 2 aromatic rings. The monoisotopic (exact) mass is 349 g/mol. The van der Waals surface area contributed by atoms with Crippen LogP contribution in [-0.4, -0.2) is 17.2 Å². The summed E-state index contributed by atoms with van der Waals surface area (Å²) in [5.41, 5.74) is 4.87. The molecule has 1 aromatic carbocycles. The van der Waals surface area contributed by atoms with E-state index in [1.165, 1.54) is 0 Å². The van der Waals surface area contributed by atoms with Gasteiger partial charge in [-0.1, -0.05) is 28.1 Å². The standard InChI is InChI=1S/C17H20BrNO2/c1-10-7-13(5-6-14(10)18)16(20)8-15-12(3)17(21-4)11(2)9-19-15/h5-7,9,16,20H,8H2,1-4H3. The van der Waals surface area contributed by atoms with E-state index in [1.807, 2.05) is 39.0 Å². The molecule has 4 heteroatoms. The number of hydrogen-bond donors (Lipinski definition) is 1. The van der Waals surface area contributed by atoms with Crippen molar-refractivity contribution in [2.75, 3.05) is 7.11 Å². The second kappa shape index (κ2) is 6.58. The van der Waals surface area contributed by atoms with Crippen molar-refractivity contribution in [3.8, 4) is 5.75 Å². The first kappa shape index (κ1) is 16.0. The fraction of sp³-hybridized carbons (Fsp3) is 0.353. The van der Waals surface area contributed by atoms with Crippen LogP contribution in [0.2, 0.25) is 0 Å². The fourth-order valence-corrected chi connectivity index (χ4v) is 2.70. The van der Waals surface area contributed by atoms with Crippen molar-refractivity contribution < 1.29 is 9.84 Å². The van der Waals surface area contributed by atoms with E-state index in [0.29, 0.717) is 6.42 Å². The minimum atomic E-state index is -0.574. The predicted molar refractivity (Wildman–Crippen MR) is 87.8 cm³/mol. The zero-order valence-electron chi connectivity index (χ0n) is 12.8. The number of hydrogen-bond acceptors (Lipinski definition) is 3. The third kappa shape index (κ3) is 3.44. The Labute approximate surface area is 134 Å². The Hall–Kier alpha value is -1.39. The smallest absolute Gasteiger partial charge is 0.128 e. The molecule has 0 saturated heterocycles. The van der Waals surface area contributed by atoms with Crippen LogP contribution < -0.4 is 4.74 Å². The van der Waals surface area contributed by atoms with Crippen LogP contribution in [0.25, 0.3) is 0 Å². The highest BCUT2D eigenvalue weighted by molar-refractivity contribution is 9.10. The van der Waals surface area contributed by atoms with Gasteiger partial charge >= 0.3 is 0 Å². The van der Waals surface area contributed by atoms with Crippen molar-refractivity contribution in [3.05, 3.63) is 56.8 Å². The first-order valence-electron chi connectivity index (χ1n) is 6.87. The number of ether oxygens (including phenoxy) is 1. The van der Waals surface area contributed by atoms with E-state index in [2.05, 4.69) is 20.9 Å². The Kier molecular flexibility index (Phi) is 5.01. The molecule has 1 atom stereocenters. The van der Waals surface area contributed by atoms with Crippen LogP contribution in [0, 0.1) is 20.8 Å². The van der Waals surface area contributed by atoms with Gasteiger partial charge in [-0.25, -0.2) is 0 Å². The number of aliphatic hydroxyl groups excluding tert-OH is 1. The molecule has 3 nitrogen and oxygen atoms in total. The third-order valence-corrected chi connectivity index (χ3v) is 4.59. The molecule has 0 bridgehead atoms. The number of aryl methyl sites for hydroxylation is 2. The molecule has 1 unspecified atom stereocenters. The van der Waals surface area contributed by atoms with E-state index in [-0.39, 0.29) is 0 Å². The second-order valence-corrected chi connectivity index (χ2v) is 6.13. The quantitative estimate of drug-likeness (QED) is 0.905. The number of benzene rings is 1. The summed E-state index contributed by atoms with van der Waals surface area (Å²) in [5, 5.41) is 10.5. The fourth-order valence-electron chi connectivity index (χ4n) is 2.45. The van der Waals surface area contributed by atoms with Gasteiger partial charge in [0.2, 0.25) is 0 Å². The lowest BCUT2D eigenvalue weighted by molar-refractivity contribution is 0.176. The highest BCUT2D eigenvalue weighted by Crippen LogP contribution is 2.28. The number of methoxy groups -OCH3 is 1. The highest BCUT2D eigenvalue weighted by atomic mass is 79.9. The molecule has 0 aliphatic heterocycles. The van der Waals surface area contributed by atoms with E-state index in [9.17, 15) is 5.11 Å². The van der Waals surface area contributed by atoms with E-state index in [4.69, 9.17) is 4.74 Å². The molecular weight excluding hydrogens is 330 g/mol. The molecular formula is C17H20BrNO2. The Balaban J connectivity index is 2.27. The number of aliphatic hydroxyl groups is 1. The van der Waals surface area contributed by atoms with Crippen LogP contribution in [0.5, 0.6) is 5.75 Å². The van der Waals surface area contributed by atoms with Crippen molar-refractivity contribution in [1.29, 1.82) is 0 Å². The maximum atomic E-state index is 10.5. The maximum absolute atomic E-state index is 10.5. The van der Waals surface area contributed by atoms with Crippen LogP contribution >= 0.6 is 15.9 Å². The summed E-state index contributed by atoms with van der Waals surface area (Å²) in [5.74, 6) is 0.846. The molecule has 0 aliphatic rings. The van der Waals surface area contributed by atoms with Gasteiger partial charge in [0.1, 0.15) is 5.75 Å². The van der Waals surface area contributed by atoms with Gasteiger partial charge in [-0.15, -0.1) is 0 Å². The summed E-state index contributed by atoms with van der Waals surface area (Å²) < 4.78 is 6.46. The predicted octanol–water partition coefficient (Wildman–Crippen LogP) is 4.05. The summed E-state index contributed by atoms with van der Waals surface area (Å²) in [7, 11) is 1.66. The summed E-state index contributed by atoms with van der Waals surface area (Å²) in [4.78, 5) is 4.44. The van der Waals surface area contributed by atoms with Gasteiger partial charge in [-0.3, -0.25) is 4.98 Å². The maximum Gasteiger partial charge on any atom is 0.128 e. The van der Waals surface area contributed by atoms with E-state index in [1.54, 1.807) is 13.3 Å². The first-order chi connectivity index (χ1) is 9.93. The van der Waals surface area contributed by atoms with Gasteiger partial charge < -0.3 is 9.84 Å². The molecule has 2 rings (SSSR count). The van der Waals surface area contributed by atoms with Crippen LogP contribution in [0.3, 0.4) is 0 Å². The molecule has 0 radical (unpaired) electrons. The molecule has 112 valence electrons. The lowest BCUT2D eigenvalue weighted by Crippen LogP contribution is -2.07. The SMILES string of the molecule is COc1c(C)cnc(CC(O)c2ccc(Br)c(C)c2)c1C. The van der Waals surface area contributed by atoms with E-state index >= 15 is 0 Å². The first-order valence-corrected chi connectivity index (χ1v) is 7.66. The molecule has 21 heavy (non-hydrogen) atoms. The molecule has 0 aliphatic carbocycles. The van der Waals surface area contributed by atoms with E-state index in [0.717, 1.165) is 38.2 Å². The zero-order chi connectivity index (χ0) is 15.6. The van der Waals surface area contributed by atoms with Crippen LogP contribution in [0.15, 0.2) is 28.9 Å². The number of halogens is 1. The van der Waals surface area contributed by atoms with Gasteiger partial charge in [0, 0.05) is 33.9 Å². The van der Waals surface area contributed by atoms with Crippen molar-refractivity contribution in [1.82, 2.24) is 4.98 Å². The largest absolute Gasteiger partial charge is 0.496 e. The molecule has 0 saturated carbocycles. The molecule has 0 fully saturated rings. The topological polar surface area (TPSA) is 42.4 Å². The summed E-state index contributed by atoms with van der Waals surface area (Å²) in [6, 6.07) is 5.89. The zero-order valence-corrected chi connectivity index (χ0v) is 14.4. The Morgan fingerprint density at radius 1 is 1.24 bits per heavy atom. The normalized spacial score (nSPS) is 12.3. The van der Waals surface area contributed by atoms with Gasteiger partial charge in [0.25, 0.3) is 0 Å². The number of rotatable bonds is 4. The van der Waals surface area contributed by atoms with Crippen molar-refractivity contribution in [2.45, 2.75) is 33.3 Å². The molecule has 1 heterocycles. The number of nitrogens with zero attached hydrogens (tertiary/aromatic N) is 1. The summed E-state index contributed by atoms with van der Waals surface area (Å²) >= 11 is 3.47. The number of pyridine rings is 1. The molecule has 0 spiro atoms. The minimum Gasteiger partial charge on any atom is -0.496 e. The Morgan fingerprint density at radius 3 is 2.57 bits per heavy atom. The summed E-state index contributed by atoms with van der Waals surface area (Å²) in [6.07, 6.45) is 1.69. The van der Waals surface area contributed by atoms with Gasteiger partial charge in [-0.2, -0.15) is 0 Å². The second-order valence-electron chi connectivity index (χ2n) is 5.27. The minimum absolute atomic E-state index is 0.476. The Morgan fingerprint density at radius 2 is 1.95 bits per heavy atom. The molecule has 1 N–H and O–H groups in total. The van der Waals surface area contributed by atoms with E-state index < -0.39 is 6.10 Å². The highest BCUT2D eigenvalue weighted by Gasteiger charge is 2.15. The van der Waals surface area contributed by atoms with Crippen molar-refractivity contribution in [2.24, 2.45) is 0 Å². The lowest BCUT2D eigenvalue weighted by atomic mass is 10.00. The third-order valence-electron chi connectivity index (χ3n) is 3.70. The summed E-state index contributed by atoms with van der Waals surface area (Å²) in [6.45, 7) is 5.96. The van der Waals surface area contributed by atoms with Crippen LogP contribution in [-0.2, 0) is 6.42 Å².